The Bertz CT molecular complexity index is 738. The zero-order valence-corrected chi connectivity index (χ0v) is 18.1. The van der Waals surface area contributed by atoms with Crippen molar-refractivity contribution in [2.75, 3.05) is 18.6 Å². The van der Waals surface area contributed by atoms with Crippen molar-refractivity contribution in [3.63, 3.8) is 0 Å². The second kappa shape index (κ2) is 11.8. The van der Waals surface area contributed by atoms with Crippen molar-refractivity contribution >= 4 is 37.0 Å². The third kappa shape index (κ3) is 10.4. The standard InChI is InChI=1S/C14H27NO11S3/c1-28(20,21)7-5-3-2-4-6-10(15-26-29(22,23)24)27-14-13(19)12(18)11(17)9(8-16)25-14/h9,11-14,16-19H,2-8H2,1H3,(H,22,23,24)/b15-10+. The van der Waals surface area contributed by atoms with E-state index in [0.29, 0.717) is 37.4 Å². The molecule has 1 heterocycles. The Morgan fingerprint density at radius 2 is 1.66 bits per heavy atom. The molecule has 1 aliphatic rings. The molecule has 29 heavy (non-hydrogen) atoms. The maximum atomic E-state index is 11.1. The van der Waals surface area contributed by atoms with Crippen LogP contribution >= 0.6 is 11.8 Å². The Balaban J connectivity index is 2.70. The summed E-state index contributed by atoms with van der Waals surface area (Å²) in [5.74, 6) is 0.0550. The van der Waals surface area contributed by atoms with Gasteiger partial charge in [0.2, 0.25) is 0 Å². The number of ether oxygens (including phenoxy) is 1. The first-order valence-corrected chi connectivity index (χ1v) is 13.0. The lowest BCUT2D eigenvalue weighted by Crippen LogP contribution is -2.57. The highest BCUT2D eigenvalue weighted by atomic mass is 32.3. The Labute approximate surface area is 173 Å². The Hall–Kier alpha value is -0.520. The first-order chi connectivity index (χ1) is 13.3. The second-order valence-corrected chi connectivity index (χ2v) is 11.0. The lowest BCUT2D eigenvalue weighted by Gasteiger charge is -2.39. The van der Waals surface area contributed by atoms with Gasteiger partial charge in [-0.25, -0.2) is 12.7 Å². The smallest absolute Gasteiger partial charge is 0.394 e. The minimum absolute atomic E-state index is 0.00932. The molecule has 5 N–H and O–H groups in total. The summed E-state index contributed by atoms with van der Waals surface area (Å²) in [6.45, 7) is -0.629. The molecule has 15 heteroatoms. The van der Waals surface area contributed by atoms with Crippen molar-refractivity contribution in [2.24, 2.45) is 5.16 Å². The third-order valence-corrected chi connectivity index (χ3v) is 6.46. The van der Waals surface area contributed by atoms with Crippen LogP contribution < -0.4 is 0 Å². The fraction of sp³-hybridized carbons (Fsp3) is 0.929. The van der Waals surface area contributed by atoms with E-state index in [1.165, 1.54) is 0 Å². The van der Waals surface area contributed by atoms with Gasteiger partial charge in [0.1, 0.15) is 44.7 Å². The fourth-order valence-electron chi connectivity index (χ4n) is 2.51. The predicted molar refractivity (Wildman–Crippen MR) is 104 cm³/mol. The van der Waals surface area contributed by atoms with Crippen molar-refractivity contribution in [2.45, 2.75) is 62.0 Å². The third-order valence-electron chi connectivity index (χ3n) is 3.99. The molecular formula is C14H27NO11S3. The van der Waals surface area contributed by atoms with Crippen molar-refractivity contribution < 1.29 is 50.8 Å². The molecule has 1 fully saturated rings. The Morgan fingerprint density at radius 1 is 1.03 bits per heavy atom. The van der Waals surface area contributed by atoms with Crippen molar-refractivity contribution in [3.8, 4) is 0 Å². The van der Waals surface area contributed by atoms with E-state index in [1.54, 1.807) is 0 Å². The van der Waals surface area contributed by atoms with E-state index >= 15 is 0 Å². The molecule has 5 atom stereocenters. The zero-order valence-electron chi connectivity index (χ0n) is 15.7. The summed E-state index contributed by atoms with van der Waals surface area (Å²) in [5, 5.41) is 42.2. The summed E-state index contributed by atoms with van der Waals surface area (Å²) >= 11 is 0.707. The number of nitrogens with zero attached hydrogens (tertiary/aromatic N) is 1. The lowest BCUT2D eigenvalue weighted by atomic mass is 10.0. The van der Waals surface area contributed by atoms with Crippen LogP contribution in [-0.4, -0.2) is 95.3 Å². The van der Waals surface area contributed by atoms with Crippen LogP contribution in [0.2, 0.25) is 0 Å². The molecule has 172 valence electrons. The van der Waals surface area contributed by atoms with Crippen LogP contribution in [0.1, 0.15) is 32.1 Å². The van der Waals surface area contributed by atoms with Crippen molar-refractivity contribution in [3.05, 3.63) is 0 Å². The van der Waals surface area contributed by atoms with E-state index < -0.39 is 56.7 Å². The van der Waals surface area contributed by atoms with E-state index in [0.717, 1.165) is 6.26 Å². The summed E-state index contributed by atoms with van der Waals surface area (Å²) in [6.07, 6.45) is -2.47. The molecule has 0 amide bonds. The molecule has 0 radical (unpaired) electrons. The van der Waals surface area contributed by atoms with Gasteiger partial charge in [0.15, 0.2) is 0 Å². The molecule has 0 bridgehead atoms. The minimum Gasteiger partial charge on any atom is -0.394 e. The van der Waals surface area contributed by atoms with Crippen molar-refractivity contribution in [1.82, 2.24) is 0 Å². The molecule has 0 aromatic carbocycles. The van der Waals surface area contributed by atoms with Crippen LogP contribution in [0, 0.1) is 0 Å². The highest BCUT2D eigenvalue weighted by molar-refractivity contribution is 8.14. The van der Waals surface area contributed by atoms with Gasteiger partial charge < -0.3 is 25.2 Å². The SMILES string of the molecule is CS(=O)(=O)CCCCCC/C(=N\OS(=O)(=O)O)SC1OC(CO)C(O)C(O)C1O. The van der Waals surface area contributed by atoms with Gasteiger partial charge in [-0.3, -0.25) is 4.55 Å². The minimum atomic E-state index is -4.86. The zero-order chi connectivity index (χ0) is 22.2. The van der Waals surface area contributed by atoms with Crippen LogP contribution in [0.5, 0.6) is 0 Å². The van der Waals surface area contributed by atoms with Crippen LogP contribution in [0.15, 0.2) is 5.16 Å². The number of thioether (sulfide) groups is 1. The molecule has 1 rings (SSSR count). The summed E-state index contributed by atoms with van der Waals surface area (Å²) in [7, 11) is -7.91. The summed E-state index contributed by atoms with van der Waals surface area (Å²) in [6, 6.07) is 0. The molecule has 1 aliphatic heterocycles. The van der Waals surface area contributed by atoms with Gasteiger partial charge in [-0.15, -0.1) is 0 Å². The molecular weight excluding hydrogens is 454 g/mol. The molecule has 0 saturated carbocycles. The van der Waals surface area contributed by atoms with Crippen LogP contribution in [0.25, 0.3) is 0 Å². The predicted octanol–water partition coefficient (Wildman–Crippen LogP) is -1.35. The second-order valence-electron chi connectivity index (χ2n) is 6.60. The van der Waals surface area contributed by atoms with Gasteiger partial charge in [0.05, 0.1) is 6.61 Å². The number of hydrogen-bond acceptors (Lipinski definition) is 12. The van der Waals surface area contributed by atoms with E-state index in [-0.39, 0.29) is 17.2 Å². The summed E-state index contributed by atoms with van der Waals surface area (Å²) < 4.78 is 61.7. The normalized spacial score (nSPS) is 29.0. The fourth-order valence-corrected chi connectivity index (χ4v) is 4.58. The van der Waals surface area contributed by atoms with Gasteiger partial charge >= 0.3 is 10.4 Å². The van der Waals surface area contributed by atoms with Crippen LogP contribution in [0.3, 0.4) is 0 Å². The largest absolute Gasteiger partial charge is 0.466 e. The maximum Gasteiger partial charge on any atom is 0.466 e. The molecule has 0 aromatic heterocycles. The number of aliphatic hydroxyl groups is 4. The van der Waals surface area contributed by atoms with Crippen molar-refractivity contribution in [1.29, 1.82) is 0 Å². The van der Waals surface area contributed by atoms with Crippen LogP contribution in [0.4, 0.5) is 0 Å². The Morgan fingerprint density at radius 3 is 2.21 bits per heavy atom. The topological polar surface area (TPSA) is 200 Å². The molecule has 0 spiro atoms. The van der Waals surface area contributed by atoms with E-state index in [1.807, 2.05) is 0 Å². The molecule has 5 unspecified atom stereocenters. The number of oxime groups is 1. The summed E-state index contributed by atoms with van der Waals surface area (Å²) in [4.78, 5) is 0. The van der Waals surface area contributed by atoms with E-state index in [2.05, 4.69) is 9.44 Å². The number of unbranched alkanes of at least 4 members (excludes halogenated alkanes) is 3. The molecule has 12 nitrogen and oxygen atoms in total. The maximum absolute atomic E-state index is 11.1. The van der Waals surface area contributed by atoms with Gasteiger partial charge in [-0.1, -0.05) is 29.8 Å². The quantitative estimate of drug-likeness (QED) is 0.0764. The summed E-state index contributed by atoms with van der Waals surface area (Å²) in [5.41, 5.74) is -1.19. The van der Waals surface area contributed by atoms with Gasteiger partial charge in [-0.05, 0) is 19.3 Å². The van der Waals surface area contributed by atoms with E-state index in [9.17, 15) is 37.3 Å². The van der Waals surface area contributed by atoms with Gasteiger partial charge in [0, 0.05) is 12.0 Å². The number of sulfone groups is 1. The first kappa shape index (κ1) is 26.5. The molecule has 0 aliphatic carbocycles. The van der Waals surface area contributed by atoms with Gasteiger partial charge in [0.25, 0.3) is 0 Å². The van der Waals surface area contributed by atoms with E-state index in [4.69, 9.17) is 9.29 Å². The number of hydrogen-bond donors (Lipinski definition) is 5. The number of aliphatic hydroxyl groups excluding tert-OH is 4. The average Bonchev–Trinajstić information content (AvgIpc) is 2.60. The van der Waals surface area contributed by atoms with Crippen LogP contribution in [-0.2, 0) is 29.3 Å². The Kier molecular flexibility index (Phi) is 10.8. The monoisotopic (exact) mass is 481 g/mol. The van der Waals surface area contributed by atoms with Gasteiger partial charge in [-0.2, -0.15) is 8.42 Å². The lowest BCUT2D eigenvalue weighted by molar-refractivity contribution is -0.205. The average molecular weight is 482 g/mol. The molecule has 0 aromatic rings. The molecule has 1 saturated heterocycles. The first-order valence-electron chi connectivity index (χ1n) is 8.72. The highest BCUT2D eigenvalue weighted by Crippen LogP contribution is 2.30. The number of rotatable bonds is 11. The highest BCUT2D eigenvalue weighted by Gasteiger charge is 2.44.